The lowest BCUT2D eigenvalue weighted by atomic mass is 10.1. The van der Waals surface area contributed by atoms with Gasteiger partial charge in [-0.15, -0.1) is 0 Å². The standard InChI is InChI=1S/C11H11N3/c12-11(13)6-5-8-7-14-10-4-2-1-3-9(8)10/h1-7,14H,(H3,12,13)/b6-5+. The minimum atomic E-state index is 0.0651. The molecule has 0 aliphatic carbocycles. The van der Waals surface area contributed by atoms with Crippen molar-refractivity contribution in [3.05, 3.63) is 42.1 Å². The molecule has 1 aromatic heterocycles. The molecule has 3 nitrogen and oxygen atoms in total. The number of benzene rings is 1. The van der Waals surface area contributed by atoms with Crippen LogP contribution in [0.1, 0.15) is 5.56 Å². The van der Waals surface area contributed by atoms with Gasteiger partial charge in [0.2, 0.25) is 0 Å². The number of hydrogen-bond acceptors (Lipinski definition) is 1. The SMILES string of the molecule is N=C(N)/C=C/c1c[nH]c2ccccc12. The summed E-state index contributed by atoms with van der Waals surface area (Å²) in [4.78, 5) is 3.15. The summed E-state index contributed by atoms with van der Waals surface area (Å²) in [5.74, 6) is 0.0651. The number of hydrogen-bond donors (Lipinski definition) is 3. The van der Waals surface area contributed by atoms with E-state index in [0.29, 0.717) is 0 Å². The molecule has 0 radical (unpaired) electrons. The number of nitrogens with one attached hydrogen (secondary N) is 2. The van der Waals surface area contributed by atoms with E-state index in [0.717, 1.165) is 16.5 Å². The van der Waals surface area contributed by atoms with E-state index in [1.54, 1.807) is 6.08 Å². The van der Waals surface area contributed by atoms with Crippen molar-refractivity contribution in [3.63, 3.8) is 0 Å². The van der Waals surface area contributed by atoms with Crippen molar-refractivity contribution in [2.45, 2.75) is 0 Å². The fourth-order valence-electron chi connectivity index (χ4n) is 1.41. The molecule has 0 aliphatic heterocycles. The van der Waals surface area contributed by atoms with Crippen LogP contribution >= 0.6 is 0 Å². The first-order valence-electron chi connectivity index (χ1n) is 4.35. The summed E-state index contributed by atoms with van der Waals surface area (Å²) in [7, 11) is 0. The van der Waals surface area contributed by atoms with Gasteiger partial charge in [0, 0.05) is 17.1 Å². The quantitative estimate of drug-likeness (QED) is 0.487. The topological polar surface area (TPSA) is 65.7 Å². The Hall–Kier alpha value is -2.03. The average molecular weight is 185 g/mol. The molecule has 0 spiro atoms. The van der Waals surface area contributed by atoms with Gasteiger partial charge in [0.05, 0.1) is 0 Å². The van der Waals surface area contributed by atoms with E-state index >= 15 is 0 Å². The van der Waals surface area contributed by atoms with Crippen LogP contribution in [0.3, 0.4) is 0 Å². The molecule has 1 aromatic carbocycles. The molecule has 3 heteroatoms. The maximum absolute atomic E-state index is 7.09. The number of rotatable bonds is 2. The lowest BCUT2D eigenvalue weighted by molar-refractivity contribution is 1.46. The molecule has 0 fully saturated rings. The summed E-state index contributed by atoms with van der Waals surface area (Å²) >= 11 is 0. The summed E-state index contributed by atoms with van der Waals surface area (Å²) in [5, 5.41) is 8.23. The molecule has 1 heterocycles. The van der Waals surface area contributed by atoms with Gasteiger partial charge in [-0.2, -0.15) is 0 Å². The molecule has 0 saturated heterocycles. The minimum Gasteiger partial charge on any atom is -0.384 e. The van der Waals surface area contributed by atoms with Crippen LogP contribution in [0.15, 0.2) is 36.5 Å². The zero-order valence-electron chi connectivity index (χ0n) is 7.62. The number of nitrogens with two attached hydrogens (primary N) is 1. The normalized spacial score (nSPS) is 11.1. The fourth-order valence-corrected chi connectivity index (χ4v) is 1.41. The maximum atomic E-state index is 7.09. The van der Waals surface area contributed by atoms with Crippen LogP contribution in [-0.2, 0) is 0 Å². The molecular weight excluding hydrogens is 174 g/mol. The molecule has 14 heavy (non-hydrogen) atoms. The summed E-state index contributed by atoms with van der Waals surface area (Å²) in [5.41, 5.74) is 7.38. The third kappa shape index (κ3) is 1.52. The second-order valence-corrected chi connectivity index (χ2v) is 3.08. The van der Waals surface area contributed by atoms with E-state index in [1.165, 1.54) is 0 Å². The summed E-state index contributed by atoms with van der Waals surface area (Å²) < 4.78 is 0. The first-order chi connectivity index (χ1) is 6.77. The van der Waals surface area contributed by atoms with Crippen molar-refractivity contribution < 1.29 is 0 Å². The molecule has 0 atom stereocenters. The number of aromatic nitrogens is 1. The lowest BCUT2D eigenvalue weighted by Gasteiger charge is -1.90. The van der Waals surface area contributed by atoms with Crippen molar-refractivity contribution in [1.29, 1.82) is 5.41 Å². The van der Waals surface area contributed by atoms with Gasteiger partial charge in [-0.05, 0) is 23.8 Å². The lowest BCUT2D eigenvalue weighted by Crippen LogP contribution is -2.03. The van der Waals surface area contributed by atoms with Gasteiger partial charge < -0.3 is 10.7 Å². The second kappa shape index (κ2) is 3.38. The van der Waals surface area contributed by atoms with Gasteiger partial charge in [-0.1, -0.05) is 18.2 Å². The van der Waals surface area contributed by atoms with Crippen LogP contribution in [0.5, 0.6) is 0 Å². The summed E-state index contributed by atoms with van der Waals surface area (Å²) in [6.07, 6.45) is 5.32. The van der Waals surface area contributed by atoms with E-state index in [4.69, 9.17) is 11.1 Å². The van der Waals surface area contributed by atoms with Gasteiger partial charge in [-0.25, -0.2) is 0 Å². The Labute approximate surface area is 81.8 Å². The number of H-pyrrole nitrogens is 1. The smallest absolute Gasteiger partial charge is 0.115 e. The van der Waals surface area contributed by atoms with Crippen LogP contribution in [-0.4, -0.2) is 10.8 Å². The largest absolute Gasteiger partial charge is 0.384 e. The van der Waals surface area contributed by atoms with Crippen molar-refractivity contribution in [2.75, 3.05) is 0 Å². The van der Waals surface area contributed by atoms with Crippen LogP contribution in [0.25, 0.3) is 17.0 Å². The molecule has 0 bridgehead atoms. The third-order valence-corrected chi connectivity index (χ3v) is 2.06. The molecule has 70 valence electrons. The van der Waals surface area contributed by atoms with Crippen molar-refractivity contribution >= 4 is 22.8 Å². The Morgan fingerprint density at radius 1 is 1.36 bits per heavy atom. The Morgan fingerprint density at radius 2 is 2.14 bits per heavy atom. The van der Waals surface area contributed by atoms with E-state index in [2.05, 4.69) is 4.98 Å². The highest BCUT2D eigenvalue weighted by Gasteiger charge is 1.97. The van der Waals surface area contributed by atoms with Crippen LogP contribution in [0.2, 0.25) is 0 Å². The molecule has 0 amide bonds. The van der Waals surface area contributed by atoms with E-state index in [1.807, 2.05) is 36.5 Å². The maximum Gasteiger partial charge on any atom is 0.115 e. The Balaban J connectivity index is 2.48. The van der Waals surface area contributed by atoms with Crippen molar-refractivity contribution in [2.24, 2.45) is 5.73 Å². The fraction of sp³-hybridized carbons (Fsp3) is 0. The second-order valence-electron chi connectivity index (χ2n) is 3.08. The predicted molar refractivity (Wildman–Crippen MR) is 59.2 cm³/mol. The van der Waals surface area contributed by atoms with Gasteiger partial charge >= 0.3 is 0 Å². The van der Waals surface area contributed by atoms with E-state index < -0.39 is 0 Å². The van der Waals surface area contributed by atoms with E-state index in [-0.39, 0.29) is 5.84 Å². The van der Waals surface area contributed by atoms with Crippen molar-refractivity contribution in [3.8, 4) is 0 Å². The Bertz CT molecular complexity index is 494. The highest BCUT2D eigenvalue weighted by Crippen LogP contribution is 2.18. The van der Waals surface area contributed by atoms with Gasteiger partial charge in [-0.3, -0.25) is 5.41 Å². The number of fused-ring (bicyclic) bond motifs is 1. The zero-order chi connectivity index (χ0) is 9.97. The van der Waals surface area contributed by atoms with Crippen LogP contribution in [0, 0.1) is 5.41 Å². The Kier molecular flexibility index (Phi) is 2.07. The van der Waals surface area contributed by atoms with Gasteiger partial charge in [0.15, 0.2) is 0 Å². The predicted octanol–water partition coefficient (Wildman–Crippen LogP) is 2.12. The molecule has 2 aromatic rings. The minimum absolute atomic E-state index is 0.0651. The third-order valence-electron chi connectivity index (χ3n) is 2.06. The van der Waals surface area contributed by atoms with Crippen LogP contribution in [0.4, 0.5) is 0 Å². The number of para-hydroxylation sites is 1. The van der Waals surface area contributed by atoms with Crippen molar-refractivity contribution in [1.82, 2.24) is 4.98 Å². The molecule has 4 N–H and O–H groups in total. The molecule has 0 unspecified atom stereocenters. The van der Waals surface area contributed by atoms with Gasteiger partial charge in [0.1, 0.15) is 5.84 Å². The number of amidine groups is 1. The molecular formula is C11H11N3. The first kappa shape index (κ1) is 8.56. The molecule has 0 aliphatic rings. The summed E-state index contributed by atoms with van der Waals surface area (Å²) in [6.45, 7) is 0. The van der Waals surface area contributed by atoms with E-state index in [9.17, 15) is 0 Å². The Morgan fingerprint density at radius 3 is 2.93 bits per heavy atom. The highest BCUT2D eigenvalue weighted by atomic mass is 14.7. The monoisotopic (exact) mass is 185 g/mol. The molecule has 2 rings (SSSR count). The van der Waals surface area contributed by atoms with Gasteiger partial charge in [0.25, 0.3) is 0 Å². The average Bonchev–Trinajstić information content (AvgIpc) is 2.58. The number of aromatic amines is 1. The van der Waals surface area contributed by atoms with Crippen LogP contribution < -0.4 is 5.73 Å². The summed E-state index contributed by atoms with van der Waals surface area (Å²) in [6, 6.07) is 8.02. The zero-order valence-corrected chi connectivity index (χ0v) is 7.62. The highest BCUT2D eigenvalue weighted by molar-refractivity contribution is 5.96. The molecule has 0 saturated carbocycles. The first-order valence-corrected chi connectivity index (χ1v) is 4.35.